The van der Waals surface area contributed by atoms with E-state index < -0.39 is 0 Å². The summed E-state index contributed by atoms with van der Waals surface area (Å²) in [6.07, 6.45) is 3.42. The molecule has 0 fully saturated rings. The molecule has 2 N–H and O–H groups in total. The minimum atomic E-state index is 0.739. The molecule has 2 heteroatoms. The summed E-state index contributed by atoms with van der Waals surface area (Å²) in [5, 5.41) is 0. The lowest BCUT2D eigenvalue weighted by atomic mass is 10.1. The summed E-state index contributed by atoms with van der Waals surface area (Å²) in [5.74, 6) is 0.799. The molecule has 0 saturated carbocycles. The third-order valence-electron chi connectivity index (χ3n) is 1.94. The van der Waals surface area contributed by atoms with E-state index in [1.54, 1.807) is 0 Å². The SMILES string of the molecule is CCC(C)CCOCCCN. The van der Waals surface area contributed by atoms with Gasteiger partial charge in [0.15, 0.2) is 0 Å². The number of hydrogen-bond acceptors (Lipinski definition) is 2. The van der Waals surface area contributed by atoms with Crippen LogP contribution in [-0.2, 0) is 4.74 Å². The van der Waals surface area contributed by atoms with E-state index in [2.05, 4.69) is 13.8 Å². The highest BCUT2D eigenvalue weighted by molar-refractivity contribution is 4.48. The molecular formula is C9H21NO. The van der Waals surface area contributed by atoms with Gasteiger partial charge in [-0.25, -0.2) is 0 Å². The predicted octanol–water partition coefficient (Wildman–Crippen LogP) is 1.79. The second kappa shape index (κ2) is 8.02. The summed E-state index contributed by atoms with van der Waals surface area (Å²) >= 11 is 0. The molecule has 1 atom stereocenters. The average Bonchev–Trinajstić information content (AvgIpc) is 2.04. The Hall–Kier alpha value is -0.0800. The maximum atomic E-state index is 5.37. The summed E-state index contributed by atoms with van der Waals surface area (Å²) in [5.41, 5.74) is 5.32. The van der Waals surface area contributed by atoms with Gasteiger partial charge in [-0.1, -0.05) is 20.3 Å². The fourth-order valence-electron chi connectivity index (χ4n) is 0.776. The molecular weight excluding hydrogens is 138 g/mol. The standard InChI is InChI=1S/C9H21NO/c1-3-9(2)5-8-11-7-4-6-10/h9H,3-8,10H2,1-2H3. The zero-order valence-corrected chi connectivity index (χ0v) is 7.81. The number of nitrogens with two attached hydrogens (primary N) is 1. The normalized spacial score (nSPS) is 13.4. The van der Waals surface area contributed by atoms with Crippen molar-refractivity contribution in [3.8, 4) is 0 Å². The van der Waals surface area contributed by atoms with Crippen molar-refractivity contribution >= 4 is 0 Å². The van der Waals surface area contributed by atoms with Gasteiger partial charge in [-0.3, -0.25) is 0 Å². The van der Waals surface area contributed by atoms with Gasteiger partial charge in [0.05, 0.1) is 0 Å². The van der Waals surface area contributed by atoms with E-state index in [1.807, 2.05) is 0 Å². The monoisotopic (exact) mass is 159 g/mol. The van der Waals surface area contributed by atoms with Crippen LogP contribution in [0.3, 0.4) is 0 Å². The molecule has 0 heterocycles. The van der Waals surface area contributed by atoms with E-state index in [0.29, 0.717) is 0 Å². The largest absolute Gasteiger partial charge is 0.381 e. The quantitative estimate of drug-likeness (QED) is 0.575. The molecule has 0 aliphatic carbocycles. The maximum Gasteiger partial charge on any atom is 0.0478 e. The van der Waals surface area contributed by atoms with Gasteiger partial charge in [-0.15, -0.1) is 0 Å². The van der Waals surface area contributed by atoms with Crippen molar-refractivity contribution < 1.29 is 4.74 Å². The van der Waals surface area contributed by atoms with Crippen molar-refractivity contribution in [2.24, 2.45) is 11.7 Å². The van der Waals surface area contributed by atoms with Crippen LogP contribution >= 0.6 is 0 Å². The highest BCUT2D eigenvalue weighted by Crippen LogP contribution is 2.05. The average molecular weight is 159 g/mol. The summed E-state index contributed by atoms with van der Waals surface area (Å²) in [6, 6.07) is 0. The Bertz CT molecular complexity index is 76.0. The highest BCUT2D eigenvalue weighted by atomic mass is 16.5. The van der Waals surface area contributed by atoms with Gasteiger partial charge >= 0.3 is 0 Å². The Morgan fingerprint density at radius 2 is 2.09 bits per heavy atom. The van der Waals surface area contributed by atoms with Gasteiger partial charge in [-0.2, -0.15) is 0 Å². The Morgan fingerprint density at radius 1 is 1.36 bits per heavy atom. The Kier molecular flexibility index (Phi) is 7.96. The minimum Gasteiger partial charge on any atom is -0.381 e. The molecule has 0 aromatic heterocycles. The summed E-state index contributed by atoms with van der Waals surface area (Å²) < 4.78 is 5.37. The molecule has 1 unspecified atom stereocenters. The Labute approximate surface area is 70.1 Å². The number of rotatable bonds is 7. The first-order valence-electron chi connectivity index (χ1n) is 4.59. The third kappa shape index (κ3) is 7.82. The molecule has 0 aliphatic heterocycles. The fourth-order valence-corrected chi connectivity index (χ4v) is 0.776. The van der Waals surface area contributed by atoms with Gasteiger partial charge < -0.3 is 10.5 Å². The smallest absolute Gasteiger partial charge is 0.0478 e. The molecule has 0 radical (unpaired) electrons. The summed E-state index contributed by atoms with van der Waals surface area (Å²) in [6.45, 7) is 6.93. The van der Waals surface area contributed by atoms with Gasteiger partial charge in [0.25, 0.3) is 0 Å². The molecule has 0 rings (SSSR count). The van der Waals surface area contributed by atoms with Crippen LogP contribution < -0.4 is 5.73 Å². The molecule has 0 aromatic carbocycles. The van der Waals surface area contributed by atoms with Crippen LogP contribution in [0.2, 0.25) is 0 Å². The number of hydrogen-bond donors (Lipinski definition) is 1. The van der Waals surface area contributed by atoms with Crippen LogP contribution in [0.4, 0.5) is 0 Å². The Balaban J connectivity index is 2.89. The first-order valence-corrected chi connectivity index (χ1v) is 4.59. The highest BCUT2D eigenvalue weighted by Gasteiger charge is 1.97. The van der Waals surface area contributed by atoms with E-state index >= 15 is 0 Å². The Morgan fingerprint density at radius 3 is 2.64 bits per heavy atom. The van der Waals surface area contributed by atoms with Gasteiger partial charge in [-0.05, 0) is 25.3 Å². The van der Waals surface area contributed by atoms with E-state index in [-0.39, 0.29) is 0 Å². The molecule has 0 spiro atoms. The van der Waals surface area contributed by atoms with Crippen LogP contribution in [0.25, 0.3) is 0 Å². The molecule has 0 saturated heterocycles. The molecule has 0 bridgehead atoms. The van der Waals surface area contributed by atoms with Crippen molar-refractivity contribution in [3.63, 3.8) is 0 Å². The topological polar surface area (TPSA) is 35.2 Å². The maximum absolute atomic E-state index is 5.37. The van der Waals surface area contributed by atoms with Crippen molar-refractivity contribution in [2.75, 3.05) is 19.8 Å². The summed E-state index contributed by atoms with van der Waals surface area (Å²) in [7, 11) is 0. The molecule has 68 valence electrons. The van der Waals surface area contributed by atoms with Gasteiger partial charge in [0.2, 0.25) is 0 Å². The van der Waals surface area contributed by atoms with Gasteiger partial charge in [0.1, 0.15) is 0 Å². The molecule has 2 nitrogen and oxygen atoms in total. The van der Waals surface area contributed by atoms with E-state index in [9.17, 15) is 0 Å². The van der Waals surface area contributed by atoms with Crippen molar-refractivity contribution in [2.45, 2.75) is 33.1 Å². The first-order chi connectivity index (χ1) is 5.31. The fraction of sp³-hybridized carbons (Fsp3) is 1.00. The molecule has 11 heavy (non-hydrogen) atoms. The lowest BCUT2D eigenvalue weighted by Crippen LogP contribution is -2.06. The lowest BCUT2D eigenvalue weighted by molar-refractivity contribution is 0.120. The second-order valence-electron chi connectivity index (χ2n) is 3.06. The van der Waals surface area contributed by atoms with Crippen LogP contribution in [0.15, 0.2) is 0 Å². The van der Waals surface area contributed by atoms with E-state index in [1.165, 1.54) is 12.8 Å². The molecule has 0 aliphatic rings. The molecule has 0 amide bonds. The van der Waals surface area contributed by atoms with Crippen LogP contribution in [0.5, 0.6) is 0 Å². The molecule has 0 aromatic rings. The zero-order chi connectivity index (χ0) is 8.53. The van der Waals surface area contributed by atoms with Crippen LogP contribution in [0.1, 0.15) is 33.1 Å². The van der Waals surface area contributed by atoms with Crippen LogP contribution in [0, 0.1) is 5.92 Å². The van der Waals surface area contributed by atoms with Crippen LogP contribution in [-0.4, -0.2) is 19.8 Å². The first kappa shape index (κ1) is 10.9. The zero-order valence-electron chi connectivity index (χ0n) is 7.81. The second-order valence-corrected chi connectivity index (χ2v) is 3.06. The van der Waals surface area contributed by atoms with E-state index in [0.717, 1.165) is 32.1 Å². The predicted molar refractivity (Wildman–Crippen MR) is 48.6 cm³/mol. The lowest BCUT2D eigenvalue weighted by Gasteiger charge is -2.07. The van der Waals surface area contributed by atoms with E-state index in [4.69, 9.17) is 10.5 Å². The van der Waals surface area contributed by atoms with Crippen molar-refractivity contribution in [1.82, 2.24) is 0 Å². The third-order valence-corrected chi connectivity index (χ3v) is 1.94. The van der Waals surface area contributed by atoms with Crippen molar-refractivity contribution in [1.29, 1.82) is 0 Å². The van der Waals surface area contributed by atoms with Crippen molar-refractivity contribution in [3.05, 3.63) is 0 Å². The van der Waals surface area contributed by atoms with Gasteiger partial charge in [0, 0.05) is 13.2 Å². The number of ether oxygens (including phenoxy) is 1. The minimum absolute atomic E-state index is 0.739. The summed E-state index contributed by atoms with van der Waals surface area (Å²) in [4.78, 5) is 0.